The molecule has 0 aromatic carbocycles. The van der Waals surface area contributed by atoms with Gasteiger partial charge in [0.25, 0.3) is 0 Å². The first-order valence-corrected chi connectivity index (χ1v) is 3.06. The minimum Gasteiger partial charge on any atom is -0.481 e. The van der Waals surface area contributed by atoms with Crippen LogP contribution in [0, 0.1) is 0 Å². The summed E-state index contributed by atoms with van der Waals surface area (Å²) in [6.07, 6.45) is 1.53. The topological polar surface area (TPSA) is 57.5 Å². The Morgan fingerprint density at radius 1 is 1.80 bits per heavy atom. The van der Waals surface area contributed by atoms with Crippen LogP contribution in [0.2, 0.25) is 0 Å². The zero-order valence-corrected chi connectivity index (χ0v) is 6.00. The van der Waals surface area contributed by atoms with E-state index in [1.54, 1.807) is 0 Å². The van der Waals surface area contributed by atoms with Crippen LogP contribution in [-0.4, -0.2) is 21.8 Å². The Labute approximate surface area is 60.0 Å². The summed E-state index contributed by atoms with van der Waals surface area (Å²) in [6, 6.07) is 0. The second-order valence-corrected chi connectivity index (χ2v) is 2.46. The van der Waals surface area contributed by atoms with Gasteiger partial charge in [0.15, 0.2) is 0 Å². The lowest BCUT2D eigenvalue weighted by atomic mass is 10.0. The Morgan fingerprint density at radius 3 is 2.60 bits per heavy atom. The molecular formula is C7H12O3. The van der Waals surface area contributed by atoms with E-state index in [2.05, 4.69) is 6.58 Å². The lowest BCUT2D eigenvalue weighted by Crippen LogP contribution is -2.21. The number of hydrogen-bond donors (Lipinski definition) is 2. The predicted molar refractivity (Wildman–Crippen MR) is 37.7 cm³/mol. The molecule has 0 amide bonds. The number of rotatable bonds is 4. The van der Waals surface area contributed by atoms with E-state index in [0.717, 1.165) is 0 Å². The molecule has 58 valence electrons. The molecule has 0 aliphatic rings. The highest BCUT2D eigenvalue weighted by atomic mass is 16.4. The third-order valence-electron chi connectivity index (χ3n) is 1.28. The van der Waals surface area contributed by atoms with Crippen molar-refractivity contribution in [2.45, 2.75) is 25.4 Å². The van der Waals surface area contributed by atoms with Gasteiger partial charge < -0.3 is 10.2 Å². The first-order chi connectivity index (χ1) is 4.48. The van der Waals surface area contributed by atoms with Gasteiger partial charge in [-0.3, -0.25) is 4.79 Å². The third-order valence-corrected chi connectivity index (χ3v) is 1.28. The quantitative estimate of drug-likeness (QED) is 0.573. The summed E-state index contributed by atoms with van der Waals surface area (Å²) in [4.78, 5) is 10.0. The molecular weight excluding hydrogens is 132 g/mol. The molecule has 0 aromatic rings. The van der Waals surface area contributed by atoms with E-state index in [9.17, 15) is 9.90 Å². The fourth-order valence-corrected chi connectivity index (χ4v) is 0.462. The summed E-state index contributed by atoms with van der Waals surface area (Å²) >= 11 is 0. The molecule has 0 spiro atoms. The molecule has 0 rings (SSSR count). The van der Waals surface area contributed by atoms with Crippen molar-refractivity contribution in [1.82, 2.24) is 0 Å². The van der Waals surface area contributed by atoms with Gasteiger partial charge in [-0.25, -0.2) is 0 Å². The van der Waals surface area contributed by atoms with E-state index < -0.39 is 11.6 Å². The molecule has 0 bridgehead atoms. The maximum absolute atomic E-state index is 10.0. The van der Waals surface area contributed by atoms with Crippen LogP contribution in [0.5, 0.6) is 0 Å². The van der Waals surface area contributed by atoms with Crippen LogP contribution in [0.15, 0.2) is 12.7 Å². The van der Waals surface area contributed by atoms with Crippen molar-refractivity contribution in [3.63, 3.8) is 0 Å². The smallest absolute Gasteiger partial charge is 0.303 e. The summed E-state index contributed by atoms with van der Waals surface area (Å²) in [5.74, 6) is -0.901. The number of aliphatic carboxylic acids is 1. The van der Waals surface area contributed by atoms with Gasteiger partial charge in [0.2, 0.25) is 0 Å². The molecule has 0 saturated carbocycles. The van der Waals surface area contributed by atoms with Crippen molar-refractivity contribution in [3.05, 3.63) is 12.7 Å². The van der Waals surface area contributed by atoms with Gasteiger partial charge in [-0.05, 0) is 13.3 Å². The minimum absolute atomic E-state index is 0.0288. The van der Waals surface area contributed by atoms with Crippen LogP contribution < -0.4 is 0 Å². The van der Waals surface area contributed by atoms with Crippen LogP contribution in [0.25, 0.3) is 0 Å². The molecule has 0 aliphatic carbocycles. The fraction of sp³-hybridized carbons (Fsp3) is 0.571. The number of hydrogen-bond acceptors (Lipinski definition) is 2. The standard InChI is InChI=1S/C7H12O3/c1-3-7(2,10)5-4-6(8)9/h3,10H,1,4-5H2,2H3,(H,8,9). The van der Waals surface area contributed by atoms with E-state index in [-0.39, 0.29) is 12.8 Å². The zero-order valence-electron chi connectivity index (χ0n) is 6.00. The van der Waals surface area contributed by atoms with E-state index in [1.807, 2.05) is 0 Å². The largest absolute Gasteiger partial charge is 0.481 e. The Morgan fingerprint density at radius 2 is 2.30 bits per heavy atom. The summed E-state index contributed by atoms with van der Waals surface area (Å²) in [5, 5.41) is 17.4. The molecule has 3 heteroatoms. The highest BCUT2D eigenvalue weighted by Crippen LogP contribution is 2.11. The molecule has 0 saturated heterocycles. The van der Waals surface area contributed by atoms with Crippen LogP contribution in [0.1, 0.15) is 19.8 Å². The van der Waals surface area contributed by atoms with Crippen molar-refractivity contribution < 1.29 is 15.0 Å². The highest BCUT2D eigenvalue weighted by molar-refractivity contribution is 5.66. The lowest BCUT2D eigenvalue weighted by molar-refractivity contribution is -0.138. The second-order valence-electron chi connectivity index (χ2n) is 2.46. The molecule has 0 radical (unpaired) electrons. The molecule has 0 heterocycles. The van der Waals surface area contributed by atoms with Gasteiger partial charge in [-0.1, -0.05) is 6.08 Å². The Bertz CT molecular complexity index is 138. The van der Waals surface area contributed by atoms with Crippen LogP contribution in [-0.2, 0) is 4.79 Å². The third kappa shape index (κ3) is 4.09. The highest BCUT2D eigenvalue weighted by Gasteiger charge is 2.16. The summed E-state index contributed by atoms with van der Waals surface area (Å²) in [7, 11) is 0. The molecule has 1 unspecified atom stereocenters. The molecule has 0 aromatic heterocycles. The Balaban J connectivity index is 3.67. The number of carbonyl (C=O) groups is 1. The molecule has 0 fully saturated rings. The number of carboxylic acids is 1. The SMILES string of the molecule is C=CC(C)(O)CCC(=O)O. The van der Waals surface area contributed by atoms with Crippen LogP contribution in [0.3, 0.4) is 0 Å². The van der Waals surface area contributed by atoms with Crippen molar-refractivity contribution in [2.75, 3.05) is 0 Å². The van der Waals surface area contributed by atoms with Gasteiger partial charge in [0, 0.05) is 6.42 Å². The Hall–Kier alpha value is -0.830. The molecule has 1 atom stereocenters. The summed E-state index contributed by atoms with van der Waals surface area (Å²) in [6.45, 7) is 4.90. The fourth-order valence-electron chi connectivity index (χ4n) is 0.462. The van der Waals surface area contributed by atoms with Gasteiger partial charge >= 0.3 is 5.97 Å². The van der Waals surface area contributed by atoms with Crippen LogP contribution >= 0.6 is 0 Å². The molecule has 10 heavy (non-hydrogen) atoms. The lowest BCUT2D eigenvalue weighted by Gasteiger charge is -2.15. The van der Waals surface area contributed by atoms with Crippen molar-refractivity contribution >= 4 is 5.97 Å². The monoisotopic (exact) mass is 144 g/mol. The average Bonchev–Trinajstić information content (AvgIpc) is 1.85. The maximum atomic E-state index is 10.0. The van der Waals surface area contributed by atoms with Crippen LogP contribution in [0.4, 0.5) is 0 Å². The van der Waals surface area contributed by atoms with Gasteiger partial charge in [-0.15, -0.1) is 6.58 Å². The number of aliphatic hydroxyl groups is 1. The average molecular weight is 144 g/mol. The zero-order chi connectivity index (χ0) is 8.20. The van der Waals surface area contributed by atoms with Crippen molar-refractivity contribution in [3.8, 4) is 0 Å². The predicted octanol–water partition coefficient (Wildman–Crippen LogP) is 0.788. The molecule has 2 N–H and O–H groups in total. The first kappa shape index (κ1) is 9.17. The van der Waals surface area contributed by atoms with E-state index >= 15 is 0 Å². The first-order valence-electron chi connectivity index (χ1n) is 3.06. The molecule has 0 aliphatic heterocycles. The Kier molecular flexibility index (Phi) is 3.09. The normalized spacial score (nSPS) is 15.8. The van der Waals surface area contributed by atoms with E-state index in [0.29, 0.717) is 0 Å². The van der Waals surface area contributed by atoms with E-state index in [4.69, 9.17) is 5.11 Å². The van der Waals surface area contributed by atoms with E-state index in [1.165, 1.54) is 13.0 Å². The van der Waals surface area contributed by atoms with Crippen molar-refractivity contribution in [1.29, 1.82) is 0 Å². The molecule has 3 nitrogen and oxygen atoms in total. The summed E-state index contributed by atoms with van der Waals surface area (Å²) < 4.78 is 0. The maximum Gasteiger partial charge on any atom is 0.303 e. The van der Waals surface area contributed by atoms with Gasteiger partial charge in [0.05, 0.1) is 5.60 Å². The van der Waals surface area contributed by atoms with Gasteiger partial charge in [0.1, 0.15) is 0 Å². The van der Waals surface area contributed by atoms with Gasteiger partial charge in [-0.2, -0.15) is 0 Å². The number of carboxylic acid groups (broad SMARTS) is 1. The minimum atomic E-state index is -1.04. The summed E-state index contributed by atoms with van der Waals surface area (Å²) in [5.41, 5.74) is -1.04. The second kappa shape index (κ2) is 3.37. The van der Waals surface area contributed by atoms with Crippen molar-refractivity contribution in [2.24, 2.45) is 0 Å².